The second kappa shape index (κ2) is 7.56. The number of thioether (sulfide) groups is 1. The second-order valence-corrected chi connectivity index (χ2v) is 7.87. The molecular weight excluding hydrogens is 371 g/mol. The van der Waals surface area contributed by atoms with Crippen molar-refractivity contribution in [2.75, 3.05) is 0 Å². The zero-order valence-corrected chi connectivity index (χ0v) is 15.6. The van der Waals surface area contributed by atoms with Gasteiger partial charge in [0.05, 0.1) is 0 Å². The van der Waals surface area contributed by atoms with E-state index in [4.69, 9.17) is 4.52 Å². The highest BCUT2D eigenvalue weighted by atomic mass is 32.2. The zero-order chi connectivity index (χ0) is 18.7. The summed E-state index contributed by atoms with van der Waals surface area (Å²) in [6.07, 6.45) is 0. The summed E-state index contributed by atoms with van der Waals surface area (Å²) in [6, 6.07) is 19.8. The van der Waals surface area contributed by atoms with Crippen molar-refractivity contribution in [1.82, 2.24) is 0 Å². The van der Waals surface area contributed by atoms with Crippen LogP contribution < -0.4 is 0 Å². The van der Waals surface area contributed by atoms with E-state index in [1.807, 2.05) is 48.5 Å². The van der Waals surface area contributed by atoms with E-state index < -0.39 is 7.82 Å². The van der Waals surface area contributed by atoms with Crippen molar-refractivity contribution >= 4 is 35.9 Å². The average Bonchev–Trinajstić information content (AvgIpc) is 2.60. The van der Waals surface area contributed by atoms with E-state index in [1.165, 1.54) is 0 Å². The molecule has 0 aliphatic carbocycles. The molecule has 0 unspecified atom stereocenters. The van der Waals surface area contributed by atoms with Gasteiger partial charge in [0.1, 0.15) is 5.75 Å². The topological polar surface area (TPSA) is 87.0 Å². The van der Waals surface area contributed by atoms with Gasteiger partial charge in [0.2, 0.25) is 0 Å². The molecule has 0 radical (unpaired) electrons. The molecule has 0 saturated heterocycles. The molecule has 134 valence electrons. The summed E-state index contributed by atoms with van der Waals surface area (Å²) in [5, 5.41) is 11.5. The molecule has 0 heterocycles. The van der Waals surface area contributed by atoms with Gasteiger partial charge in [0, 0.05) is 10.5 Å². The maximum Gasteiger partial charge on any atom is 0.525 e. The molecule has 3 rings (SSSR count). The Balaban J connectivity index is 2.05. The fraction of sp³-hybridized carbons (Fsp3) is 0.0526. The standard InChI is InChI=1S/C19H17O5PS/c1-13(14-7-8-16-12-17(20)10-9-15(16)11-14)19(24-25(21,22)23)26-18-5-3-2-4-6-18/h2-12,20H,1H3,(H2,21,22,23)/b19-13+. The molecule has 0 bridgehead atoms. The predicted octanol–water partition coefficient (Wildman–Crippen LogP) is 5.14. The number of allylic oxidation sites excluding steroid dienone is 1. The maximum absolute atomic E-state index is 11.4. The molecular formula is C19H17O5PS. The molecule has 0 aromatic heterocycles. The van der Waals surface area contributed by atoms with Crippen LogP contribution in [-0.2, 0) is 9.09 Å². The molecule has 3 aromatic rings. The summed E-state index contributed by atoms with van der Waals surface area (Å²) in [5.74, 6) is 0.183. The predicted molar refractivity (Wildman–Crippen MR) is 104 cm³/mol. The summed E-state index contributed by atoms with van der Waals surface area (Å²) in [4.78, 5) is 19.4. The van der Waals surface area contributed by atoms with Crippen LogP contribution in [0.15, 0.2) is 76.7 Å². The summed E-state index contributed by atoms with van der Waals surface area (Å²) >= 11 is 1.15. The van der Waals surface area contributed by atoms with Crippen LogP contribution >= 0.6 is 19.6 Å². The van der Waals surface area contributed by atoms with Crippen LogP contribution in [-0.4, -0.2) is 14.9 Å². The van der Waals surface area contributed by atoms with Crippen molar-refractivity contribution in [1.29, 1.82) is 0 Å². The largest absolute Gasteiger partial charge is 0.525 e. The number of aromatic hydroxyl groups is 1. The van der Waals surface area contributed by atoms with E-state index in [0.29, 0.717) is 5.57 Å². The molecule has 0 fully saturated rings. The molecule has 3 aromatic carbocycles. The number of phenolic OH excluding ortho intramolecular Hbond substituents is 1. The van der Waals surface area contributed by atoms with Crippen LogP contribution in [0.1, 0.15) is 12.5 Å². The first-order valence-electron chi connectivity index (χ1n) is 7.74. The van der Waals surface area contributed by atoms with Gasteiger partial charge in [-0.2, -0.15) is 0 Å². The first-order valence-corrected chi connectivity index (χ1v) is 10.1. The Labute approximate surface area is 155 Å². The Morgan fingerprint density at radius 3 is 2.31 bits per heavy atom. The van der Waals surface area contributed by atoms with Gasteiger partial charge in [-0.1, -0.05) is 48.2 Å². The Morgan fingerprint density at radius 2 is 1.62 bits per heavy atom. The number of phenols is 1. The van der Waals surface area contributed by atoms with Crippen molar-refractivity contribution < 1.29 is 24.0 Å². The van der Waals surface area contributed by atoms with Crippen LogP contribution in [0.2, 0.25) is 0 Å². The highest BCUT2D eigenvalue weighted by Gasteiger charge is 2.21. The van der Waals surface area contributed by atoms with E-state index in [2.05, 4.69) is 0 Å². The third-order valence-electron chi connectivity index (χ3n) is 3.72. The van der Waals surface area contributed by atoms with Crippen LogP contribution in [0.3, 0.4) is 0 Å². The minimum atomic E-state index is -4.70. The Bertz CT molecular complexity index is 1010. The van der Waals surface area contributed by atoms with Crippen LogP contribution in [0.4, 0.5) is 0 Å². The molecule has 0 aliphatic rings. The third kappa shape index (κ3) is 4.68. The number of hydrogen-bond acceptors (Lipinski definition) is 4. The van der Waals surface area contributed by atoms with Gasteiger partial charge >= 0.3 is 7.82 Å². The number of fused-ring (bicyclic) bond motifs is 1. The molecule has 7 heteroatoms. The van der Waals surface area contributed by atoms with Crippen molar-refractivity contribution in [3.05, 3.63) is 77.4 Å². The zero-order valence-electron chi connectivity index (χ0n) is 13.9. The normalized spacial score (nSPS) is 12.7. The Morgan fingerprint density at radius 1 is 0.962 bits per heavy atom. The van der Waals surface area contributed by atoms with Crippen molar-refractivity contribution in [2.45, 2.75) is 11.8 Å². The first-order chi connectivity index (χ1) is 12.3. The van der Waals surface area contributed by atoms with Crippen LogP contribution in [0.5, 0.6) is 5.75 Å². The minimum Gasteiger partial charge on any atom is -0.508 e. The molecule has 0 saturated carbocycles. The van der Waals surface area contributed by atoms with Gasteiger partial charge in [0.25, 0.3) is 0 Å². The monoisotopic (exact) mass is 388 g/mol. The third-order valence-corrected chi connectivity index (χ3v) is 5.35. The number of phosphoric acid groups is 1. The lowest BCUT2D eigenvalue weighted by Crippen LogP contribution is -1.92. The Hall–Kier alpha value is -2.24. The van der Waals surface area contributed by atoms with Crippen LogP contribution in [0, 0.1) is 0 Å². The highest BCUT2D eigenvalue weighted by Crippen LogP contribution is 2.46. The lowest BCUT2D eigenvalue weighted by Gasteiger charge is -2.15. The molecule has 5 nitrogen and oxygen atoms in total. The molecule has 0 amide bonds. The summed E-state index contributed by atoms with van der Waals surface area (Å²) < 4.78 is 16.4. The average molecular weight is 388 g/mol. The lowest BCUT2D eigenvalue weighted by atomic mass is 10.0. The van der Waals surface area contributed by atoms with E-state index >= 15 is 0 Å². The van der Waals surface area contributed by atoms with E-state index in [9.17, 15) is 19.5 Å². The number of hydrogen-bond donors (Lipinski definition) is 3. The van der Waals surface area contributed by atoms with Gasteiger partial charge in [-0.15, -0.1) is 0 Å². The summed E-state index contributed by atoms with van der Waals surface area (Å²) in [7, 11) is -4.70. The Kier molecular flexibility index (Phi) is 5.39. The van der Waals surface area contributed by atoms with E-state index in [1.54, 1.807) is 25.1 Å². The van der Waals surface area contributed by atoms with Crippen LogP contribution in [0.25, 0.3) is 16.3 Å². The first kappa shape index (κ1) is 18.5. The summed E-state index contributed by atoms with van der Waals surface area (Å²) in [5.41, 5.74) is 1.38. The smallest absolute Gasteiger partial charge is 0.508 e. The molecule has 26 heavy (non-hydrogen) atoms. The SMILES string of the molecule is C/C(=C(/OP(=O)(O)O)Sc1ccccc1)c1ccc2cc(O)ccc2c1. The highest BCUT2D eigenvalue weighted by molar-refractivity contribution is 8.03. The van der Waals surface area contributed by atoms with Gasteiger partial charge in [-0.05, 0) is 53.6 Å². The van der Waals surface area contributed by atoms with Gasteiger partial charge in [-0.25, -0.2) is 4.57 Å². The fourth-order valence-corrected chi connectivity index (χ4v) is 4.02. The van der Waals surface area contributed by atoms with Crippen molar-refractivity contribution in [2.24, 2.45) is 0 Å². The van der Waals surface area contributed by atoms with Gasteiger partial charge in [0.15, 0.2) is 5.09 Å². The number of benzene rings is 3. The minimum absolute atomic E-state index is 0.141. The second-order valence-electron chi connectivity index (χ2n) is 5.66. The van der Waals surface area contributed by atoms with E-state index in [-0.39, 0.29) is 10.8 Å². The van der Waals surface area contributed by atoms with Gasteiger partial charge in [-0.3, -0.25) is 9.79 Å². The maximum atomic E-state index is 11.4. The fourth-order valence-electron chi connectivity index (χ4n) is 2.45. The van der Waals surface area contributed by atoms with E-state index in [0.717, 1.165) is 33.0 Å². The molecule has 3 N–H and O–H groups in total. The molecule has 0 spiro atoms. The van der Waals surface area contributed by atoms with Crippen molar-refractivity contribution in [3.8, 4) is 5.75 Å². The van der Waals surface area contributed by atoms with Gasteiger partial charge < -0.3 is 9.63 Å². The van der Waals surface area contributed by atoms with Crippen molar-refractivity contribution in [3.63, 3.8) is 0 Å². The lowest BCUT2D eigenvalue weighted by molar-refractivity contribution is 0.254. The number of rotatable bonds is 5. The summed E-state index contributed by atoms with van der Waals surface area (Å²) in [6.45, 7) is 1.75. The molecule has 0 aliphatic heterocycles. The quantitative estimate of drug-likeness (QED) is 0.319. The molecule has 0 atom stereocenters. The number of phosphoric ester groups is 1.